The topological polar surface area (TPSA) is 78.9 Å². The molecule has 0 unspecified atom stereocenters. The van der Waals surface area contributed by atoms with E-state index in [0.717, 1.165) is 11.1 Å². The van der Waals surface area contributed by atoms with Crippen LogP contribution in [0.1, 0.15) is 21.7 Å². The van der Waals surface area contributed by atoms with E-state index in [4.69, 9.17) is 9.68 Å². The molecule has 1 amide bonds. The van der Waals surface area contributed by atoms with E-state index in [0.29, 0.717) is 33.8 Å². The number of aromatic nitrogens is 1. The first-order valence-electron chi connectivity index (χ1n) is 8.42. The molecule has 130 valence electrons. The van der Waals surface area contributed by atoms with Gasteiger partial charge in [-0.2, -0.15) is 5.26 Å². The van der Waals surface area contributed by atoms with E-state index in [9.17, 15) is 4.79 Å². The fourth-order valence-electron chi connectivity index (χ4n) is 2.89. The van der Waals surface area contributed by atoms with Crippen LogP contribution in [0.4, 0.5) is 5.69 Å². The first-order valence-corrected chi connectivity index (χ1v) is 8.42. The number of aryl methyl sites for hydroxylation is 1. The molecule has 0 radical (unpaired) electrons. The molecule has 0 bridgehead atoms. The van der Waals surface area contributed by atoms with Crippen molar-refractivity contribution in [2.75, 3.05) is 5.32 Å². The highest BCUT2D eigenvalue weighted by Crippen LogP contribution is 2.27. The second kappa shape index (κ2) is 6.77. The third-order valence-corrected chi connectivity index (χ3v) is 4.23. The van der Waals surface area contributed by atoms with E-state index in [2.05, 4.69) is 16.4 Å². The van der Waals surface area contributed by atoms with Crippen LogP contribution in [0.5, 0.6) is 0 Å². The third kappa shape index (κ3) is 3.29. The molecule has 5 heteroatoms. The van der Waals surface area contributed by atoms with Crippen LogP contribution in [-0.2, 0) is 0 Å². The first kappa shape index (κ1) is 16.6. The maximum atomic E-state index is 12.9. The number of fused-ring (bicyclic) bond motifs is 1. The van der Waals surface area contributed by atoms with E-state index < -0.39 is 0 Å². The molecular formula is C22H15N3O2. The number of anilines is 1. The van der Waals surface area contributed by atoms with Crippen molar-refractivity contribution < 1.29 is 9.21 Å². The Kier molecular flexibility index (Phi) is 4.15. The summed E-state index contributed by atoms with van der Waals surface area (Å²) in [6.45, 7) is 1.86. The lowest BCUT2D eigenvalue weighted by Crippen LogP contribution is -2.13. The molecule has 2 heterocycles. The summed E-state index contributed by atoms with van der Waals surface area (Å²) in [5, 5.41) is 12.5. The summed E-state index contributed by atoms with van der Waals surface area (Å²) in [6, 6.07) is 21.7. The summed E-state index contributed by atoms with van der Waals surface area (Å²) >= 11 is 0. The van der Waals surface area contributed by atoms with Crippen LogP contribution in [0.15, 0.2) is 71.1 Å². The standard InChI is InChI=1S/C22H15N3O2/c1-14-6-11-21(27-14)20-12-18(17-4-2-3-5-19(17)25-20)22(26)24-16-9-7-15(13-23)8-10-16/h2-12H,1H3,(H,24,26). The van der Waals surface area contributed by atoms with Gasteiger partial charge in [-0.15, -0.1) is 0 Å². The highest BCUT2D eigenvalue weighted by atomic mass is 16.3. The summed E-state index contributed by atoms with van der Waals surface area (Å²) < 4.78 is 5.67. The highest BCUT2D eigenvalue weighted by Gasteiger charge is 2.15. The number of carbonyl (C=O) groups is 1. The zero-order chi connectivity index (χ0) is 18.8. The maximum Gasteiger partial charge on any atom is 0.256 e. The fourth-order valence-corrected chi connectivity index (χ4v) is 2.89. The lowest BCUT2D eigenvalue weighted by atomic mass is 10.1. The number of pyridine rings is 1. The monoisotopic (exact) mass is 353 g/mol. The molecule has 0 spiro atoms. The van der Waals surface area contributed by atoms with E-state index >= 15 is 0 Å². The summed E-state index contributed by atoms with van der Waals surface area (Å²) in [5.41, 5.74) is 2.99. The van der Waals surface area contributed by atoms with Crippen LogP contribution in [0.2, 0.25) is 0 Å². The van der Waals surface area contributed by atoms with Crippen LogP contribution < -0.4 is 5.32 Å². The van der Waals surface area contributed by atoms with Crippen molar-refractivity contribution in [3.05, 3.63) is 83.6 Å². The Morgan fingerprint density at radius 3 is 2.56 bits per heavy atom. The number of hydrogen-bond donors (Lipinski definition) is 1. The van der Waals surface area contributed by atoms with Crippen LogP contribution in [0.3, 0.4) is 0 Å². The molecule has 4 rings (SSSR count). The number of furan rings is 1. The second-order valence-electron chi connectivity index (χ2n) is 6.13. The van der Waals surface area contributed by atoms with Crippen molar-refractivity contribution in [1.82, 2.24) is 4.98 Å². The summed E-state index contributed by atoms with van der Waals surface area (Å²) in [5.74, 6) is 1.15. The van der Waals surface area contributed by atoms with Crippen LogP contribution >= 0.6 is 0 Å². The van der Waals surface area contributed by atoms with Gasteiger partial charge in [-0.05, 0) is 55.5 Å². The van der Waals surface area contributed by atoms with Crippen LogP contribution in [-0.4, -0.2) is 10.9 Å². The van der Waals surface area contributed by atoms with Crippen molar-refractivity contribution in [2.45, 2.75) is 6.92 Å². The normalized spacial score (nSPS) is 10.5. The molecule has 2 aromatic carbocycles. The van der Waals surface area contributed by atoms with Gasteiger partial charge in [0.1, 0.15) is 11.5 Å². The third-order valence-electron chi connectivity index (χ3n) is 4.23. The molecule has 2 aromatic heterocycles. The number of rotatable bonds is 3. The van der Waals surface area contributed by atoms with Gasteiger partial charge in [0.2, 0.25) is 0 Å². The predicted molar refractivity (Wildman–Crippen MR) is 103 cm³/mol. The largest absolute Gasteiger partial charge is 0.460 e. The predicted octanol–water partition coefficient (Wildman–Crippen LogP) is 4.93. The van der Waals surface area contributed by atoms with Gasteiger partial charge in [-0.3, -0.25) is 4.79 Å². The van der Waals surface area contributed by atoms with Crippen molar-refractivity contribution in [2.24, 2.45) is 0 Å². The average Bonchev–Trinajstić information content (AvgIpc) is 3.14. The smallest absolute Gasteiger partial charge is 0.256 e. The Labute approximate surface area is 155 Å². The Morgan fingerprint density at radius 1 is 1.07 bits per heavy atom. The number of benzene rings is 2. The van der Waals surface area contributed by atoms with E-state index in [1.54, 1.807) is 30.3 Å². The van der Waals surface area contributed by atoms with Crippen molar-refractivity contribution in [3.63, 3.8) is 0 Å². The average molecular weight is 353 g/mol. The van der Waals surface area contributed by atoms with Gasteiger partial charge in [0.25, 0.3) is 5.91 Å². The second-order valence-corrected chi connectivity index (χ2v) is 6.13. The van der Waals surface area contributed by atoms with Crippen molar-refractivity contribution in [1.29, 1.82) is 5.26 Å². The van der Waals surface area contributed by atoms with E-state index in [1.165, 1.54) is 0 Å². The van der Waals surface area contributed by atoms with Gasteiger partial charge >= 0.3 is 0 Å². The van der Waals surface area contributed by atoms with Gasteiger partial charge in [0.15, 0.2) is 5.76 Å². The molecule has 27 heavy (non-hydrogen) atoms. The zero-order valence-corrected chi connectivity index (χ0v) is 14.6. The Morgan fingerprint density at radius 2 is 1.85 bits per heavy atom. The minimum atomic E-state index is -0.247. The molecule has 0 aliphatic rings. The molecular weight excluding hydrogens is 338 g/mol. The number of para-hydroxylation sites is 1. The van der Waals surface area contributed by atoms with Gasteiger partial charge in [-0.25, -0.2) is 4.98 Å². The molecule has 0 saturated carbocycles. The van der Waals surface area contributed by atoms with Crippen molar-refractivity contribution >= 4 is 22.5 Å². The Hall–Kier alpha value is -3.91. The maximum absolute atomic E-state index is 12.9. The van der Waals surface area contributed by atoms with E-state index in [1.807, 2.05) is 43.3 Å². The molecule has 1 N–H and O–H groups in total. The molecule has 0 saturated heterocycles. The summed E-state index contributed by atoms with van der Waals surface area (Å²) in [6.07, 6.45) is 0. The Bertz CT molecular complexity index is 1180. The minimum absolute atomic E-state index is 0.247. The van der Waals surface area contributed by atoms with E-state index in [-0.39, 0.29) is 5.91 Å². The van der Waals surface area contributed by atoms with Gasteiger partial charge in [0.05, 0.1) is 22.7 Å². The molecule has 0 aliphatic heterocycles. The van der Waals surface area contributed by atoms with Gasteiger partial charge in [-0.1, -0.05) is 18.2 Å². The molecule has 0 atom stereocenters. The number of nitriles is 1. The number of hydrogen-bond acceptors (Lipinski definition) is 4. The number of nitrogens with zero attached hydrogens (tertiary/aromatic N) is 2. The molecule has 0 fully saturated rings. The minimum Gasteiger partial charge on any atom is -0.460 e. The highest BCUT2D eigenvalue weighted by molar-refractivity contribution is 6.13. The van der Waals surface area contributed by atoms with Crippen LogP contribution in [0.25, 0.3) is 22.4 Å². The zero-order valence-electron chi connectivity index (χ0n) is 14.6. The lowest BCUT2D eigenvalue weighted by molar-refractivity contribution is 0.102. The molecule has 4 aromatic rings. The summed E-state index contributed by atoms with van der Waals surface area (Å²) in [7, 11) is 0. The van der Waals surface area contributed by atoms with Crippen molar-refractivity contribution in [3.8, 4) is 17.5 Å². The quantitative estimate of drug-likeness (QED) is 0.566. The number of nitrogens with one attached hydrogen (secondary N) is 1. The van der Waals surface area contributed by atoms with Crippen LogP contribution in [0, 0.1) is 18.3 Å². The van der Waals surface area contributed by atoms with Gasteiger partial charge in [0, 0.05) is 11.1 Å². The first-order chi connectivity index (χ1) is 13.1. The number of carbonyl (C=O) groups excluding carboxylic acids is 1. The van der Waals surface area contributed by atoms with Gasteiger partial charge < -0.3 is 9.73 Å². The molecule has 5 nitrogen and oxygen atoms in total. The SMILES string of the molecule is Cc1ccc(-c2cc(C(=O)Nc3ccc(C#N)cc3)c3ccccc3n2)o1. The molecule has 0 aliphatic carbocycles. The Balaban J connectivity index is 1.76. The summed E-state index contributed by atoms with van der Waals surface area (Å²) in [4.78, 5) is 17.6. The number of amides is 1. The lowest BCUT2D eigenvalue weighted by Gasteiger charge is -2.10. The fraction of sp³-hybridized carbons (Fsp3) is 0.0455.